The van der Waals surface area contributed by atoms with Gasteiger partial charge >= 0.3 is 0 Å². The first-order chi connectivity index (χ1) is 25.7. The standard InChI is InChI=1S/C47H29N3OS/c1-3-12-28(13-4-1)45-48-46(29-14-5-2-6-15-29)50-47(49-45)36-20-11-19-35-39-24-30(22-23-41(39)51-44(35)36)37-25-31-26-40-34-18-9-10-21-42(34)52-43(40)27-38(31)33-17-8-7-16-32(33)37/h1-24,26-27,37H,25H2. The Morgan fingerprint density at radius 1 is 0.481 bits per heavy atom. The second-order valence-corrected chi connectivity index (χ2v) is 14.6. The number of thiophene rings is 1. The fraction of sp³-hybridized carbons (Fsp3) is 0.0426. The maximum Gasteiger partial charge on any atom is 0.167 e. The van der Waals surface area contributed by atoms with Gasteiger partial charge in [0, 0.05) is 48.0 Å². The van der Waals surface area contributed by atoms with Crippen LogP contribution in [0.15, 0.2) is 162 Å². The van der Waals surface area contributed by atoms with Crippen molar-refractivity contribution < 1.29 is 4.42 Å². The molecule has 10 aromatic rings. The number of furan rings is 1. The van der Waals surface area contributed by atoms with Gasteiger partial charge in [0.25, 0.3) is 0 Å². The first-order valence-electron chi connectivity index (χ1n) is 17.6. The van der Waals surface area contributed by atoms with Crippen molar-refractivity contribution in [2.24, 2.45) is 0 Å². The molecule has 1 aliphatic carbocycles. The first-order valence-corrected chi connectivity index (χ1v) is 18.4. The molecule has 244 valence electrons. The Bertz CT molecular complexity index is 2940. The third-order valence-electron chi connectivity index (χ3n) is 10.5. The molecular formula is C47H29N3OS. The van der Waals surface area contributed by atoms with Crippen molar-refractivity contribution in [3.05, 3.63) is 174 Å². The van der Waals surface area contributed by atoms with Gasteiger partial charge in [-0.2, -0.15) is 0 Å². The van der Waals surface area contributed by atoms with Crippen molar-refractivity contribution in [1.82, 2.24) is 15.0 Å². The van der Waals surface area contributed by atoms with E-state index in [4.69, 9.17) is 19.4 Å². The molecule has 3 heterocycles. The first kappa shape index (κ1) is 29.3. The van der Waals surface area contributed by atoms with Gasteiger partial charge in [0.15, 0.2) is 17.5 Å². The predicted molar refractivity (Wildman–Crippen MR) is 214 cm³/mol. The van der Waals surface area contributed by atoms with Gasteiger partial charge in [-0.05, 0) is 70.6 Å². The summed E-state index contributed by atoms with van der Waals surface area (Å²) in [7, 11) is 0. The molecule has 0 amide bonds. The second kappa shape index (κ2) is 11.6. The third kappa shape index (κ3) is 4.63. The number of hydrogen-bond donors (Lipinski definition) is 0. The van der Waals surface area contributed by atoms with E-state index in [0.29, 0.717) is 17.5 Å². The number of aromatic nitrogens is 3. The van der Waals surface area contributed by atoms with Crippen molar-refractivity contribution in [3.8, 4) is 45.3 Å². The minimum atomic E-state index is 0.217. The van der Waals surface area contributed by atoms with Crippen LogP contribution in [0.1, 0.15) is 22.6 Å². The molecule has 11 rings (SSSR count). The number of fused-ring (bicyclic) bond motifs is 9. The van der Waals surface area contributed by atoms with Gasteiger partial charge in [0.2, 0.25) is 0 Å². The van der Waals surface area contributed by atoms with Gasteiger partial charge in [-0.15, -0.1) is 11.3 Å². The summed E-state index contributed by atoms with van der Waals surface area (Å²) in [6.07, 6.45) is 0.939. The van der Waals surface area contributed by atoms with Gasteiger partial charge in [-0.3, -0.25) is 0 Å². The Labute approximate surface area is 303 Å². The van der Waals surface area contributed by atoms with Crippen LogP contribution in [-0.2, 0) is 6.42 Å². The van der Waals surface area contributed by atoms with E-state index in [0.717, 1.165) is 45.0 Å². The van der Waals surface area contributed by atoms with E-state index >= 15 is 0 Å². The number of hydrogen-bond acceptors (Lipinski definition) is 5. The topological polar surface area (TPSA) is 51.8 Å². The van der Waals surface area contributed by atoms with E-state index in [-0.39, 0.29) is 5.92 Å². The van der Waals surface area contributed by atoms with E-state index in [1.165, 1.54) is 48.0 Å². The summed E-state index contributed by atoms with van der Waals surface area (Å²) in [4.78, 5) is 14.9. The summed E-state index contributed by atoms with van der Waals surface area (Å²) >= 11 is 1.89. The van der Waals surface area contributed by atoms with Crippen molar-refractivity contribution in [2.75, 3.05) is 0 Å². The van der Waals surface area contributed by atoms with Gasteiger partial charge in [0.1, 0.15) is 11.2 Å². The highest BCUT2D eigenvalue weighted by atomic mass is 32.1. The highest BCUT2D eigenvalue weighted by Crippen LogP contribution is 2.47. The SMILES string of the molecule is c1ccc(-c2nc(-c3ccccc3)nc(-c3cccc4c3oc3ccc(C5Cc6cc7c(cc6-c6ccccc65)sc5ccccc57)cc34)n2)cc1. The molecule has 1 aliphatic rings. The Hall–Kier alpha value is -6.43. The summed E-state index contributed by atoms with van der Waals surface area (Å²) in [6, 6.07) is 55.7. The third-order valence-corrected chi connectivity index (χ3v) is 11.7. The normalized spacial score (nSPS) is 13.9. The van der Waals surface area contributed by atoms with Gasteiger partial charge in [-0.25, -0.2) is 15.0 Å². The molecule has 3 aromatic heterocycles. The van der Waals surface area contributed by atoms with E-state index in [1.807, 2.05) is 78.1 Å². The molecule has 0 radical (unpaired) electrons. The molecule has 1 atom stereocenters. The van der Waals surface area contributed by atoms with E-state index < -0.39 is 0 Å². The molecule has 0 saturated carbocycles. The van der Waals surface area contributed by atoms with Gasteiger partial charge in [0.05, 0.1) is 5.56 Å². The Morgan fingerprint density at radius 3 is 1.96 bits per heavy atom. The Kier molecular flexibility index (Phi) is 6.51. The molecule has 0 bridgehead atoms. The van der Waals surface area contributed by atoms with Crippen LogP contribution in [0.2, 0.25) is 0 Å². The summed E-state index contributed by atoms with van der Waals surface area (Å²) in [5.74, 6) is 2.06. The number of para-hydroxylation sites is 1. The van der Waals surface area contributed by atoms with Crippen LogP contribution in [-0.4, -0.2) is 15.0 Å². The molecule has 1 unspecified atom stereocenters. The average molecular weight is 684 g/mol. The number of rotatable bonds is 4. The molecule has 52 heavy (non-hydrogen) atoms. The minimum Gasteiger partial charge on any atom is -0.455 e. The molecule has 4 nitrogen and oxygen atoms in total. The van der Waals surface area contributed by atoms with Gasteiger partial charge in [-0.1, -0.05) is 121 Å². The van der Waals surface area contributed by atoms with Crippen LogP contribution >= 0.6 is 11.3 Å². The van der Waals surface area contributed by atoms with Crippen molar-refractivity contribution in [3.63, 3.8) is 0 Å². The monoisotopic (exact) mass is 683 g/mol. The maximum atomic E-state index is 6.68. The van der Waals surface area contributed by atoms with Crippen LogP contribution in [0.3, 0.4) is 0 Å². The molecule has 0 fully saturated rings. The molecule has 0 aliphatic heterocycles. The zero-order chi connectivity index (χ0) is 34.2. The molecular weight excluding hydrogens is 655 g/mol. The minimum absolute atomic E-state index is 0.217. The van der Waals surface area contributed by atoms with Crippen LogP contribution in [0.4, 0.5) is 0 Å². The fourth-order valence-electron chi connectivity index (χ4n) is 8.05. The van der Waals surface area contributed by atoms with E-state index in [9.17, 15) is 0 Å². The largest absolute Gasteiger partial charge is 0.455 e. The van der Waals surface area contributed by atoms with Crippen LogP contribution in [0.5, 0.6) is 0 Å². The smallest absolute Gasteiger partial charge is 0.167 e. The Morgan fingerprint density at radius 2 is 1.15 bits per heavy atom. The van der Waals surface area contributed by atoms with Crippen LogP contribution in [0, 0.1) is 0 Å². The quantitative estimate of drug-likeness (QED) is 0.185. The highest BCUT2D eigenvalue weighted by molar-refractivity contribution is 7.25. The fourth-order valence-corrected chi connectivity index (χ4v) is 9.17. The molecule has 7 aromatic carbocycles. The van der Waals surface area contributed by atoms with Crippen molar-refractivity contribution >= 4 is 53.4 Å². The average Bonchev–Trinajstić information content (AvgIpc) is 3.78. The van der Waals surface area contributed by atoms with Crippen molar-refractivity contribution in [2.45, 2.75) is 12.3 Å². The maximum absolute atomic E-state index is 6.68. The predicted octanol–water partition coefficient (Wildman–Crippen LogP) is 12.5. The highest BCUT2D eigenvalue weighted by Gasteiger charge is 2.28. The van der Waals surface area contributed by atoms with E-state index in [1.54, 1.807) is 0 Å². The molecule has 0 saturated heterocycles. The second-order valence-electron chi connectivity index (χ2n) is 13.5. The molecule has 0 N–H and O–H groups in total. The number of nitrogens with zero attached hydrogens (tertiary/aromatic N) is 3. The molecule has 0 spiro atoms. The lowest BCUT2D eigenvalue weighted by Crippen LogP contribution is -2.12. The summed E-state index contributed by atoms with van der Waals surface area (Å²) in [5.41, 5.74) is 11.1. The van der Waals surface area contributed by atoms with Gasteiger partial charge < -0.3 is 4.42 Å². The lowest BCUT2D eigenvalue weighted by Gasteiger charge is -2.28. The lowest BCUT2D eigenvalue weighted by molar-refractivity contribution is 0.669. The molecule has 5 heteroatoms. The summed E-state index contributed by atoms with van der Waals surface area (Å²) in [6.45, 7) is 0. The zero-order valence-corrected chi connectivity index (χ0v) is 28.8. The van der Waals surface area contributed by atoms with Crippen molar-refractivity contribution in [1.29, 1.82) is 0 Å². The number of benzene rings is 7. The zero-order valence-electron chi connectivity index (χ0n) is 28.0. The lowest BCUT2D eigenvalue weighted by atomic mass is 9.75. The summed E-state index contributed by atoms with van der Waals surface area (Å²) < 4.78 is 9.36. The van der Waals surface area contributed by atoms with E-state index in [2.05, 4.69) is 91.0 Å². The van der Waals surface area contributed by atoms with Crippen LogP contribution in [0.25, 0.3) is 87.4 Å². The van der Waals surface area contributed by atoms with Crippen LogP contribution < -0.4 is 0 Å². The summed E-state index contributed by atoms with van der Waals surface area (Å²) in [5, 5.41) is 4.84. The Balaban J connectivity index is 1.05.